The molecule has 2 N–H and O–H groups in total. The predicted molar refractivity (Wildman–Crippen MR) is 125 cm³/mol. The number of aliphatic hydroxyl groups excluding tert-OH is 1. The highest BCUT2D eigenvalue weighted by Gasteiger charge is 2.34. The summed E-state index contributed by atoms with van der Waals surface area (Å²) in [6, 6.07) is 10.0. The minimum Gasteiger partial charge on any atom is -0.464 e. The number of amides is 2. The Hall–Kier alpha value is -3.53. The number of nitrogens with zero attached hydrogens (tertiary/aromatic N) is 5. The van der Waals surface area contributed by atoms with E-state index >= 15 is 0 Å². The van der Waals surface area contributed by atoms with Gasteiger partial charge in [0, 0.05) is 18.7 Å². The number of nitrogens with one attached hydrogen (secondary N) is 1. The Morgan fingerprint density at radius 1 is 1.15 bits per heavy atom. The first-order chi connectivity index (χ1) is 16.3. The molecule has 2 amide bonds. The van der Waals surface area contributed by atoms with Gasteiger partial charge in [-0.2, -0.15) is 4.80 Å². The Morgan fingerprint density at radius 2 is 1.88 bits per heavy atom. The molecule has 0 radical (unpaired) electrons. The first-order valence-corrected chi connectivity index (χ1v) is 11.4. The number of aryl methyl sites for hydroxylation is 2. The molecular weight excluding hydrogens is 436 g/mol. The molecule has 34 heavy (non-hydrogen) atoms. The Morgan fingerprint density at radius 3 is 2.50 bits per heavy atom. The number of furan rings is 1. The van der Waals surface area contributed by atoms with Crippen LogP contribution in [0.1, 0.15) is 43.4 Å². The van der Waals surface area contributed by atoms with Gasteiger partial charge in [0.25, 0.3) is 5.91 Å². The second kappa shape index (κ2) is 11.6. The maximum Gasteiger partial charge on any atom is 0.250 e. The fourth-order valence-electron chi connectivity index (χ4n) is 3.45. The van der Waals surface area contributed by atoms with E-state index in [4.69, 9.17) is 4.42 Å². The van der Waals surface area contributed by atoms with E-state index < -0.39 is 11.9 Å². The average molecular weight is 469 g/mol. The third-order valence-corrected chi connectivity index (χ3v) is 5.31. The SMILES string of the molecule is Cc1ccc(-c2nnn(CC(=O)N(CCO)C(C(=O)NCCC(C)C)c3ccc(C)o3)n2)cc1. The molecule has 0 aliphatic rings. The van der Waals surface area contributed by atoms with Gasteiger partial charge in [0.1, 0.15) is 18.1 Å². The lowest BCUT2D eigenvalue weighted by atomic mass is 10.1. The van der Waals surface area contributed by atoms with Gasteiger partial charge in [-0.05, 0) is 43.5 Å². The van der Waals surface area contributed by atoms with Crippen molar-refractivity contribution >= 4 is 11.8 Å². The Labute approximate surface area is 198 Å². The van der Waals surface area contributed by atoms with E-state index in [-0.39, 0.29) is 25.6 Å². The molecule has 0 saturated carbocycles. The van der Waals surface area contributed by atoms with Gasteiger partial charge in [-0.3, -0.25) is 9.59 Å². The molecule has 2 heterocycles. The summed E-state index contributed by atoms with van der Waals surface area (Å²) >= 11 is 0. The lowest BCUT2D eigenvalue weighted by Crippen LogP contribution is -2.46. The molecule has 10 heteroatoms. The van der Waals surface area contributed by atoms with E-state index in [1.807, 2.05) is 31.2 Å². The van der Waals surface area contributed by atoms with Crippen LogP contribution in [0.15, 0.2) is 40.8 Å². The van der Waals surface area contributed by atoms with E-state index in [0.717, 1.165) is 17.5 Å². The number of carbonyl (C=O) groups excluding carboxylic acids is 2. The van der Waals surface area contributed by atoms with Gasteiger partial charge in [-0.25, -0.2) is 0 Å². The highest BCUT2D eigenvalue weighted by molar-refractivity contribution is 5.88. The second-order valence-corrected chi connectivity index (χ2v) is 8.64. The van der Waals surface area contributed by atoms with Gasteiger partial charge in [-0.15, -0.1) is 10.2 Å². The molecule has 0 fully saturated rings. The summed E-state index contributed by atoms with van der Waals surface area (Å²) in [7, 11) is 0. The summed E-state index contributed by atoms with van der Waals surface area (Å²) in [5, 5.41) is 24.9. The van der Waals surface area contributed by atoms with E-state index in [2.05, 4.69) is 34.6 Å². The summed E-state index contributed by atoms with van der Waals surface area (Å²) in [6.07, 6.45) is 0.800. The quantitative estimate of drug-likeness (QED) is 0.442. The van der Waals surface area contributed by atoms with Crippen molar-refractivity contribution in [2.75, 3.05) is 19.7 Å². The second-order valence-electron chi connectivity index (χ2n) is 8.64. The Kier molecular flexibility index (Phi) is 8.53. The monoisotopic (exact) mass is 468 g/mol. The van der Waals surface area contributed by atoms with Crippen LogP contribution in [0.4, 0.5) is 0 Å². The maximum atomic E-state index is 13.3. The van der Waals surface area contributed by atoms with Crippen molar-refractivity contribution in [3.8, 4) is 11.4 Å². The highest BCUT2D eigenvalue weighted by Crippen LogP contribution is 2.24. The van der Waals surface area contributed by atoms with Crippen molar-refractivity contribution in [3.05, 3.63) is 53.5 Å². The van der Waals surface area contributed by atoms with Crippen molar-refractivity contribution in [2.24, 2.45) is 5.92 Å². The lowest BCUT2D eigenvalue weighted by Gasteiger charge is -2.29. The fourth-order valence-corrected chi connectivity index (χ4v) is 3.45. The number of aromatic nitrogens is 4. The summed E-state index contributed by atoms with van der Waals surface area (Å²) in [6.45, 7) is 7.74. The van der Waals surface area contributed by atoms with Crippen LogP contribution in [0, 0.1) is 19.8 Å². The maximum absolute atomic E-state index is 13.3. The molecule has 0 aliphatic carbocycles. The molecule has 0 saturated heterocycles. The summed E-state index contributed by atoms with van der Waals surface area (Å²) in [5.74, 6) is 0.941. The number of benzene rings is 1. The highest BCUT2D eigenvalue weighted by atomic mass is 16.3. The van der Waals surface area contributed by atoms with Gasteiger partial charge in [0.15, 0.2) is 6.04 Å². The van der Waals surface area contributed by atoms with Gasteiger partial charge in [0.05, 0.1) is 6.61 Å². The van der Waals surface area contributed by atoms with Crippen LogP contribution in [0.25, 0.3) is 11.4 Å². The molecule has 2 aromatic heterocycles. The number of rotatable bonds is 11. The summed E-state index contributed by atoms with van der Waals surface area (Å²) < 4.78 is 5.71. The van der Waals surface area contributed by atoms with E-state index in [9.17, 15) is 14.7 Å². The third kappa shape index (κ3) is 6.50. The molecule has 0 spiro atoms. The molecule has 1 unspecified atom stereocenters. The number of hydrogen-bond acceptors (Lipinski definition) is 7. The zero-order valence-corrected chi connectivity index (χ0v) is 20.1. The molecule has 182 valence electrons. The van der Waals surface area contributed by atoms with Crippen molar-refractivity contribution in [1.29, 1.82) is 0 Å². The van der Waals surface area contributed by atoms with Crippen molar-refractivity contribution < 1.29 is 19.1 Å². The molecule has 3 aromatic rings. The normalized spacial score (nSPS) is 12.1. The third-order valence-electron chi connectivity index (χ3n) is 5.31. The fraction of sp³-hybridized carbons (Fsp3) is 0.458. The van der Waals surface area contributed by atoms with E-state index in [1.54, 1.807) is 19.1 Å². The van der Waals surface area contributed by atoms with Crippen LogP contribution in [0.2, 0.25) is 0 Å². The van der Waals surface area contributed by atoms with Crippen LogP contribution in [-0.2, 0) is 16.1 Å². The van der Waals surface area contributed by atoms with Crippen molar-refractivity contribution in [3.63, 3.8) is 0 Å². The predicted octanol–water partition coefficient (Wildman–Crippen LogP) is 2.27. The zero-order valence-electron chi connectivity index (χ0n) is 20.1. The van der Waals surface area contributed by atoms with Crippen molar-refractivity contribution in [1.82, 2.24) is 30.4 Å². The van der Waals surface area contributed by atoms with Gasteiger partial charge in [-0.1, -0.05) is 43.7 Å². The largest absolute Gasteiger partial charge is 0.464 e. The van der Waals surface area contributed by atoms with E-state index in [0.29, 0.717) is 29.8 Å². The van der Waals surface area contributed by atoms with Gasteiger partial charge in [0.2, 0.25) is 11.7 Å². The minimum atomic E-state index is -1.03. The molecule has 3 rings (SSSR count). The van der Waals surface area contributed by atoms with Gasteiger partial charge < -0.3 is 19.7 Å². The Balaban J connectivity index is 1.80. The van der Waals surface area contributed by atoms with Crippen molar-refractivity contribution in [2.45, 2.75) is 46.7 Å². The topological polar surface area (TPSA) is 126 Å². The number of carbonyl (C=O) groups is 2. The molecular formula is C24H32N6O4. The minimum absolute atomic E-state index is 0.0552. The van der Waals surface area contributed by atoms with Crippen LogP contribution in [-0.4, -0.2) is 61.7 Å². The van der Waals surface area contributed by atoms with Crippen LogP contribution in [0.3, 0.4) is 0 Å². The lowest BCUT2D eigenvalue weighted by molar-refractivity contribution is -0.143. The summed E-state index contributed by atoms with van der Waals surface area (Å²) in [5.41, 5.74) is 1.89. The van der Waals surface area contributed by atoms with Crippen LogP contribution in [0.5, 0.6) is 0 Å². The smallest absolute Gasteiger partial charge is 0.250 e. The molecule has 10 nitrogen and oxygen atoms in total. The van der Waals surface area contributed by atoms with E-state index in [1.165, 1.54) is 9.70 Å². The van der Waals surface area contributed by atoms with Crippen LogP contribution >= 0.6 is 0 Å². The summed E-state index contributed by atoms with van der Waals surface area (Å²) in [4.78, 5) is 28.9. The zero-order chi connectivity index (χ0) is 24.7. The molecule has 0 bridgehead atoms. The molecule has 0 aliphatic heterocycles. The number of aliphatic hydroxyl groups is 1. The van der Waals surface area contributed by atoms with Gasteiger partial charge >= 0.3 is 0 Å². The number of tetrazole rings is 1. The first kappa shape index (κ1) is 25.1. The first-order valence-electron chi connectivity index (χ1n) is 11.4. The number of hydrogen-bond donors (Lipinski definition) is 2. The average Bonchev–Trinajstić information content (AvgIpc) is 3.43. The molecule has 1 aromatic carbocycles. The van der Waals surface area contributed by atoms with Crippen LogP contribution < -0.4 is 5.32 Å². The standard InChI is InChI=1S/C24H32N6O4/c1-16(2)11-12-25-24(33)22(20-10-7-18(4)34-20)29(13-14-31)21(32)15-30-27-23(26-28-30)19-8-5-17(3)6-9-19/h5-10,16,22,31H,11-15H2,1-4H3,(H,25,33). The molecule has 1 atom stereocenters. The Bertz CT molecular complexity index is 1090.